The highest BCUT2D eigenvalue weighted by Gasteiger charge is 2.12. The van der Waals surface area contributed by atoms with Gasteiger partial charge in [-0.3, -0.25) is 0 Å². The van der Waals surface area contributed by atoms with Crippen molar-refractivity contribution in [3.05, 3.63) is 34.2 Å². The molecule has 0 amide bonds. The Kier molecular flexibility index (Phi) is 3.28. The third-order valence-electron chi connectivity index (χ3n) is 3.15. The SMILES string of the molecule is CCN(CC)c1cc2oc(=O)cc(C)c2cc1O. The zero-order valence-corrected chi connectivity index (χ0v) is 10.9. The summed E-state index contributed by atoms with van der Waals surface area (Å²) in [5.74, 6) is 0.211. The van der Waals surface area contributed by atoms with E-state index in [1.807, 2.05) is 25.7 Å². The van der Waals surface area contributed by atoms with Gasteiger partial charge in [0.05, 0.1) is 5.69 Å². The van der Waals surface area contributed by atoms with Crippen LogP contribution in [0.5, 0.6) is 5.75 Å². The smallest absolute Gasteiger partial charge is 0.336 e. The summed E-state index contributed by atoms with van der Waals surface area (Å²) < 4.78 is 5.18. The molecular formula is C14H17NO3. The average molecular weight is 247 g/mol. The molecule has 0 aliphatic heterocycles. The van der Waals surface area contributed by atoms with Crippen LogP contribution in [0.1, 0.15) is 19.4 Å². The summed E-state index contributed by atoms with van der Waals surface area (Å²) in [4.78, 5) is 13.4. The first-order valence-electron chi connectivity index (χ1n) is 6.09. The van der Waals surface area contributed by atoms with E-state index in [9.17, 15) is 9.90 Å². The molecule has 2 aromatic rings. The van der Waals surface area contributed by atoms with Gasteiger partial charge in [-0.1, -0.05) is 0 Å². The van der Waals surface area contributed by atoms with Crippen molar-refractivity contribution in [1.29, 1.82) is 0 Å². The molecule has 0 aliphatic rings. The topological polar surface area (TPSA) is 53.7 Å². The first-order valence-corrected chi connectivity index (χ1v) is 6.09. The molecule has 0 saturated carbocycles. The lowest BCUT2D eigenvalue weighted by Crippen LogP contribution is -2.21. The zero-order chi connectivity index (χ0) is 13.3. The van der Waals surface area contributed by atoms with Crippen molar-refractivity contribution in [2.75, 3.05) is 18.0 Å². The van der Waals surface area contributed by atoms with Crippen molar-refractivity contribution in [2.45, 2.75) is 20.8 Å². The first-order chi connectivity index (χ1) is 8.56. The maximum Gasteiger partial charge on any atom is 0.336 e. The summed E-state index contributed by atoms with van der Waals surface area (Å²) >= 11 is 0. The van der Waals surface area contributed by atoms with Crippen LogP contribution in [0.3, 0.4) is 0 Å². The Morgan fingerprint density at radius 2 is 1.89 bits per heavy atom. The van der Waals surface area contributed by atoms with Crippen LogP contribution >= 0.6 is 0 Å². The third-order valence-corrected chi connectivity index (χ3v) is 3.15. The van der Waals surface area contributed by atoms with E-state index in [1.54, 1.807) is 12.1 Å². The fourth-order valence-electron chi connectivity index (χ4n) is 2.16. The Morgan fingerprint density at radius 1 is 1.22 bits per heavy atom. The van der Waals surface area contributed by atoms with Crippen molar-refractivity contribution in [3.8, 4) is 5.75 Å². The molecule has 0 bridgehead atoms. The van der Waals surface area contributed by atoms with Crippen LogP contribution in [0.2, 0.25) is 0 Å². The van der Waals surface area contributed by atoms with Gasteiger partial charge in [0.2, 0.25) is 0 Å². The molecule has 0 spiro atoms. The van der Waals surface area contributed by atoms with Gasteiger partial charge in [-0.25, -0.2) is 4.79 Å². The number of rotatable bonds is 3. The van der Waals surface area contributed by atoms with Gasteiger partial charge in [0.1, 0.15) is 11.3 Å². The molecule has 0 fully saturated rings. The molecule has 0 unspecified atom stereocenters. The van der Waals surface area contributed by atoms with Crippen LogP contribution in [-0.4, -0.2) is 18.2 Å². The number of hydrogen-bond acceptors (Lipinski definition) is 4. The van der Waals surface area contributed by atoms with Gasteiger partial charge in [-0.05, 0) is 32.4 Å². The van der Waals surface area contributed by atoms with Gasteiger partial charge in [0, 0.05) is 30.6 Å². The Balaban J connectivity index is 2.71. The summed E-state index contributed by atoms with van der Waals surface area (Å²) in [5.41, 5.74) is 1.65. The Labute approximate surface area is 105 Å². The van der Waals surface area contributed by atoms with E-state index in [-0.39, 0.29) is 11.4 Å². The molecule has 0 radical (unpaired) electrons. The van der Waals surface area contributed by atoms with E-state index in [0.29, 0.717) is 11.3 Å². The third kappa shape index (κ3) is 2.06. The van der Waals surface area contributed by atoms with Crippen molar-refractivity contribution < 1.29 is 9.52 Å². The van der Waals surface area contributed by atoms with Gasteiger partial charge in [-0.15, -0.1) is 0 Å². The number of phenolic OH excluding ortho intramolecular Hbond substituents is 1. The summed E-state index contributed by atoms with van der Waals surface area (Å²) in [7, 11) is 0. The average Bonchev–Trinajstić information content (AvgIpc) is 2.32. The molecule has 1 heterocycles. The standard InChI is InChI=1S/C14H17NO3/c1-4-15(5-2)11-8-13-10(7-12(11)16)9(3)6-14(17)18-13/h6-8,16H,4-5H2,1-3H3. The van der Waals surface area contributed by atoms with Crippen LogP contribution in [0.4, 0.5) is 5.69 Å². The molecule has 0 saturated heterocycles. The number of hydrogen-bond donors (Lipinski definition) is 1. The van der Waals surface area contributed by atoms with Crippen LogP contribution < -0.4 is 10.5 Å². The highest BCUT2D eigenvalue weighted by atomic mass is 16.4. The predicted octanol–water partition coefficient (Wildman–Crippen LogP) is 2.65. The van der Waals surface area contributed by atoms with Crippen LogP contribution in [-0.2, 0) is 0 Å². The van der Waals surface area contributed by atoms with Crippen LogP contribution in [0, 0.1) is 6.92 Å². The highest BCUT2D eigenvalue weighted by Crippen LogP contribution is 2.32. The molecule has 0 atom stereocenters. The number of aromatic hydroxyl groups is 1. The van der Waals surface area contributed by atoms with Gasteiger partial charge in [0.25, 0.3) is 0 Å². The lowest BCUT2D eigenvalue weighted by Gasteiger charge is -2.22. The molecule has 2 rings (SSSR count). The summed E-state index contributed by atoms with van der Waals surface area (Å²) in [5, 5.41) is 10.8. The van der Waals surface area contributed by atoms with Crippen LogP contribution in [0.15, 0.2) is 27.4 Å². The molecule has 4 nitrogen and oxygen atoms in total. The van der Waals surface area contributed by atoms with Crippen molar-refractivity contribution in [3.63, 3.8) is 0 Å². The number of aryl methyl sites for hydroxylation is 1. The van der Waals surface area contributed by atoms with Crippen molar-refractivity contribution >= 4 is 16.7 Å². The summed E-state index contributed by atoms with van der Waals surface area (Å²) in [6.07, 6.45) is 0. The Hall–Kier alpha value is -1.97. The molecule has 1 aromatic heterocycles. The normalized spacial score (nSPS) is 10.8. The Bertz CT molecular complexity index is 627. The number of phenols is 1. The fraction of sp³-hybridized carbons (Fsp3) is 0.357. The highest BCUT2D eigenvalue weighted by molar-refractivity contribution is 5.86. The van der Waals surface area contributed by atoms with Gasteiger partial charge < -0.3 is 14.4 Å². The minimum atomic E-state index is -0.365. The minimum absolute atomic E-state index is 0.211. The lowest BCUT2D eigenvalue weighted by atomic mass is 10.1. The largest absolute Gasteiger partial charge is 0.506 e. The predicted molar refractivity (Wildman–Crippen MR) is 72.4 cm³/mol. The minimum Gasteiger partial charge on any atom is -0.506 e. The maximum absolute atomic E-state index is 11.4. The molecule has 1 aromatic carbocycles. The van der Waals surface area contributed by atoms with E-state index in [1.165, 1.54) is 6.07 Å². The van der Waals surface area contributed by atoms with Crippen molar-refractivity contribution in [1.82, 2.24) is 0 Å². The maximum atomic E-state index is 11.4. The monoisotopic (exact) mass is 247 g/mol. The Morgan fingerprint density at radius 3 is 2.50 bits per heavy atom. The molecule has 18 heavy (non-hydrogen) atoms. The quantitative estimate of drug-likeness (QED) is 0.847. The van der Waals surface area contributed by atoms with Gasteiger partial charge in [0.15, 0.2) is 0 Å². The summed E-state index contributed by atoms with van der Waals surface area (Å²) in [6.45, 7) is 7.42. The molecule has 4 heteroatoms. The second-order valence-corrected chi connectivity index (χ2v) is 4.26. The van der Waals surface area contributed by atoms with Crippen molar-refractivity contribution in [2.24, 2.45) is 0 Å². The van der Waals surface area contributed by atoms with Crippen LogP contribution in [0.25, 0.3) is 11.0 Å². The molecule has 96 valence electrons. The molecule has 1 N–H and O–H groups in total. The molecular weight excluding hydrogens is 230 g/mol. The number of benzene rings is 1. The fourth-order valence-corrected chi connectivity index (χ4v) is 2.16. The number of anilines is 1. The second kappa shape index (κ2) is 4.72. The van der Waals surface area contributed by atoms with E-state index in [2.05, 4.69) is 0 Å². The number of fused-ring (bicyclic) bond motifs is 1. The number of nitrogens with zero attached hydrogens (tertiary/aromatic N) is 1. The van der Waals surface area contributed by atoms with E-state index in [4.69, 9.17) is 4.42 Å². The first kappa shape index (κ1) is 12.5. The summed E-state index contributed by atoms with van der Waals surface area (Å²) in [6, 6.07) is 4.81. The zero-order valence-electron chi connectivity index (χ0n) is 10.9. The lowest BCUT2D eigenvalue weighted by molar-refractivity contribution is 0.474. The van der Waals surface area contributed by atoms with E-state index < -0.39 is 0 Å². The van der Waals surface area contributed by atoms with E-state index in [0.717, 1.165) is 24.0 Å². The second-order valence-electron chi connectivity index (χ2n) is 4.26. The molecule has 0 aliphatic carbocycles. The van der Waals surface area contributed by atoms with Gasteiger partial charge >= 0.3 is 5.63 Å². The van der Waals surface area contributed by atoms with E-state index >= 15 is 0 Å². The van der Waals surface area contributed by atoms with Gasteiger partial charge in [-0.2, -0.15) is 0 Å².